The lowest BCUT2D eigenvalue weighted by Crippen LogP contribution is -2.06. The van der Waals surface area contributed by atoms with Crippen LogP contribution in [0.15, 0.2) is 42.6 Å². The second-order valence-electron chi connectivity index (χ2n) is 5.44. The summed E-state index contributed by atoms with van der Waals surface area (Å²) in [6.07, 6.45) is 1.31. The predicted molar refractivity (Wildman–Crippen MR) is 95.1 cm³/mol. The second-order valence-corrected chi connectivity index (χ2v) is 5.44. The Morgan fingerprint density at radius 3 is 2.50 bits per heavy atom. The van der Waals surface area contributed by atoms with E-state index in [0.717, 1.165) is 12.1 Å². The van der Waals surface area contributed by atoms with Gasteiger partial charge < -0.3 is 15.4 Å². The molecular formula is C18H14F3N5O2. The SMILES string of the molecule is CCOC(=O)c1ccc(Nc2cnnc(Nc3ccc(F)c(F)c3F)n2)cc1. The van der Waals surface area contributed by atoms with Gasteiger partial charge in [0, 0.05) is 5.69 Å². The standard InChI is InChI=1S/C18H14F3N5O2/c1-2-28-17(27)10-3-5-11(6-4-10)23-14-9-22-26-18(25-14)24-13-8-7-12(19)15(20)16(13)21/h3-9H,2H2,1H3,(H2,23,24,25,26). The number of hydrogen-bond donors (Lipinski definition) is 2. The first-order chi connectivity index (χ1) is 13.5. The van der Waals surface area contributed by atoms with E-state index in [1.54, 1.807) is 31.2 Å². The number of nitrogens with zero attached hydrogens (tertiary/aromatic N) is 3. The summed E-state index contributed by atoms with van der Waals surface area (Å²) in [5.41, 5.74) is 0.652. The predicted octanol–water partition coefficient (Wildman–Crippen LogP) is 3.95. The van der Waals surface area contributed by atoms with Crippen molar-refractivity contribution in [3.63, 3.8) is 0 Å². The molecule has 0 atom stereocenters. The molecule has 144 valence electrons. The summed E-state index contributed by atoms with van der Waals surface area (Å²) in [5, 5.41) is 12.8. The average molecular weight is 389 g/mol. The van der Waals surface area contributed by atoms with Crippen molar-refractivity contribution in [1.82, 2.24) is 15.2 Å². The van der Waals surface area contributed by atoms with E-state index < -0.39 is 23.4 Å². The van der Waals surface area contributed by atoms with E-state index in [0.29, 0.717) is 11.3 Å². The molecule has 3 aromatic rings. The minimum absolute atomic E-state index is 0.127. The summed E-state index contributed by atoms with van der Waals surface area (Å²) in [6.45, 7) is 1.99. The highest BCUT2D eigenvalue weighted by molar-refractivity contribution is 5.89. The number of halogens is 3. The van der Waals surface area contributed by atoms with Crippen LogP contribution in [0.25, 0.3) is 0 Å². The molecule has 0 bridgehead atoms. The Hall–Kier alpha value is -3.69. The van der Waals surface area contributed by atoms with Gasteiger partial charge in [0.15, 0.2) is 23.3 Å². The van der Waals surface area contributed by atoms with Crippen LogP contribution < -0.4 is 10.6 Å². The van der Waals surface area contributed by atoms with Crippen LogP contribution in [0, 0.1) is 17.5 Å². The van der Waals surface area contributed by atoms with Crippen molar-refractivity contribution in [2.45, 2.75) is 6.92 Å². The second kappa shape index (κ2) is 8.33. The molecule has 0 spiro atoms. The first-order valence-corrected chi connectivity index (χ1v) is 8.12. The normalized spacial score (nSPS) is 10.4. The molecule has 0 aliphatic carbocycles. The summed E-state index contributed by atoms with van der Waals surface area (Å²) < 4.78 is 45.0. The smallest absolute Gasteiger partial charge is 0.338 e. The zero-order valence-corrected chi connectivity index (χ0v) is 14.5. The third-order valence-electron chi connectivity index (χ3n) is 3.51. The quantitative estimate of drug-likeness (QED) is 0.487. The largest absolute Gasteiger partial charge is 0.462 e. The Morgan fingerprint density at radius 2 is 1.79 bits per heavy atom. The van der Waals surface area contributed by atoms with Crippen LogP contribution in [-0.2, 0) is 4.74 Å². The molecule has 28 heavy (non-hydrogen) atoms. The first-order valence-electron chi connectivity index (χ1n) is 8.12. The number of carbonyl (C=O) groups excluding carboxylic acids is 1. The van der Waals surface area contributed by atoms with Crippen LogP contribution in [0.1, 0.15) is 17.3 Å². The number of hydrogen-bond acceptors (Lipinski definition) is 7. The highest BCUT2D eigenvalue weighted by Crippen LogP contribution is 2.22. The van der Waals surface area contributed by atoms with Gasteiger partial charge in [-0.1, -0.05) is 0 Å². The van der Waals surface area contributed by atoms with Gasteiger partial charge in [0.25, 0.3) is 0 Å². The Kier molecular flexibility index (Phi) is 5.68. The van der Waals surface area contributed by atoms with Crippen LogP contribution in [0.2, 0.25) is 0 Å². The Labute approximate surface area is 157 Å². The van der Waals surface area contributed by atoms with Crippen molar-refractivity contribution >= 4 is 29.1 Å². The maximum Gasteiger partial charge on any atom is 0.338 e. The highest BCUT2D eigenvalue weighted by atomic mass is 19.2. The first kappa shape index (κ1) is 19.1. The zero-order valence-electron chi connectivity index (χ0n) is 14.5. The summed E-state index contributed by atoms with van der Waals surface area (Å²) in [5.74, 6) is -4.60. The lowest BCUT2D eigenvalue weighted by atomic mass is 10.2. The zero-order chi connectivity index (χ0) is 20.1. The monoisotopic (exact) mass is 389 g/mol. The molecule has 7 nitrogen and oxygen atoms in total. The molecule has 0 saturated heterocycles. The van der Waals surface area contributed by atoms with Crippen LogP contribution in [0.4, 0.5) is 36.3 Å². The maximum atomic E-state index is 13.7. The summed E-state index contributed by atoms with van der Waals surface area (Å²) in [6, 6.07) is 8.22. The molecule has 0 unspecified atom stereocenters. The molecule has 0 aliphatic rings. The van der Waals surface area contributed by atoms with E-state index in [-0.39, 0.29) is 24.1 Å². The van der Waals surface area contributed by atoms with Gasteiger partial charge in [-0.15, -0.1) is 5.10 Å². The number of benzene rings is 2. The Morgan fingerprint density at radius 1 is 1.04 bits per heavy atom. The number of ether oxygens (including phenoxy) is 1. The van der Waals surface area contributed by atoms with E-state index in [1.165, 1.54) is 6.20 Å². The van der Waals surface area contributed by atoms with E-state index in [4.69, 9.17) is 4.74 Å². The van der Waals surface area contributed by atoms with Gasteiger partial charge in [-0.3, -0.25) is 0 Å². The molecule has 0 aliphatic heterocycles. The van der Waals surface area contributed by atoms with Crippen LogP contribution in [-0.4, -0.2) is 27.8 Å². The summed E-state index contributed by atoms with van der Waals surface area (Å²) in [7, 11) is 0. The summed E-state index contributed by atoms with van der Waals surface area (Å²) in [4.78, 5) is 15.7. The molecule has 0 saturated carbocycles. The molecule has 10 heteroatoms. The average Bonchev–Trinajstić information content (AvgIpc) is 2.69. The van der Waals surface area contributed by atoms with Gasteiger partial charge in [0.2, 0.25) is 5.95 Å². The molecule has 2 N–H and O–H groups in total. The van der Waals surface area contributed by atoms with Gasteiger partial charge in [0.05, 0.1) is 24.1 Å². The van der Waals surface area contributed by atoms with Gasteiger partial charge in [-0.2, -0.15) is 10.1 Å². The van der Waals surface area contributed by atoms with Crippen molar-refractivity contribution in [3.05, 3.63) is 65.6 Å². The van der Waals surface area contributed by atoms with Crippen molar-refractivity contribution < 1.29 is 22.7 Å². The maximum absolute atomic E-state index is 13.7. The number of aromatic nitrogens is 3. The summed E-state index contributed by atoms with van der Waals surface area (Å²) >= 11 is 0. The number of anilines is 4. The molecule has 0 radical (unpaired) electrons. The fourth-order valence-electron chi connectivity index (χ4n) is 2.21. The molecule has 0 fully saturated rings. The molecule has 0 amide bonds. The number of esters is 1. The molecule has 1 aromatic heterocycles. The number of carbonyl (C=O) groups is 1. The van der Waals surface area contributed by atoms with Crippen molar-refractivity contribution in [2.75, 3.05) is 17.2 Å². The minimum atomic E-state index is -1.60. The fraction of sp³-hybridized carbons (Fsp3) is 0.111. The molecule has 3 rings (SSSR count). The van der Waals surface area contributed by atoms with Crippen molar-refractivity contribution in [1.29, 1.82) is 0 Å². The molecule has 1 heterocycles. The van der Waals surface area contributed by atoms with Gasteiger partial charge in [-0.25, -0.2) is 18.0 Å². The van der Waals surface area contributed by atoms with Gasteiger partial charge in [0.1, 0.15) is 0 Å². The minimum Gasteiger partial charge on any atom is -0.462 e. The van der Waals surface area contributed by atoms with E-state index >= 15 is 0 Å². The molecular weight excluding hydrogens is 375 g/mol. The Bertz CT molecular complexity index is 999. The fourth-order valence-corrected chi connectivity index (χ4v) is 2.21. The number of rotatable bonds is 6. The van der Waals surface area contributed by atoms with Crippen molar-refractivity contribution in [3.8, 4) is 0 Å². The van der Waals surface area contributed by atoms with E-state index in [2.05, 4.69) is 25.8 Å². The third kappa shape index (κ3) is 4.34. The van der Waals surface area contributed by atoms with Crippen molar-refractivity contribution in [2.24, 2.45) is 0 Å². The van der Waals surface area contributed by atoms with Crippen LogP contribution in [0.3, 0.4) is 0 Å². The van der Waals surface area contributed by atoms with Gasteiger partial charge in [-0.05, 0) is 43.3 Å². The molecule has 2 aromatic carbocycles. The third-order valence-corrected chi connectivity index (χ3v) is 3.51. The van der Waals surface area contributed by atoms with E-state index in [9.17, 15) is 18.0 Å². The topological polar surface area (TPSA) is 89.0 Å². The van der Waals surface area contributed by atoms with E-state index in [1.807, 2.05) is 0 Å². The van der Waals surface area contributed by atoms with Crippen LogP contribution in [0.5, 0.6) is 0 Å². The lowest BCUT2D eigenvalue weighted by molar-refractivity contribution is 0.0526. The number of nitrogens with one attached hydrogen (secondary N) is 2. The lowest BCUT2D eigenvalue weighted by Gasteiger charge is -2.09. The van der Waals surface area contributed by atoms with Crippen LogP contribution >= 0.6 is 0 Å². The highest BCUT2D eigenvalue weighted by Gasteiger charge is 2.14. The van der Waals surface area contributed by atoms with Gasteiger partial charge >= 0.3 is 5.97 Å². The Balaban J connectivity index is 1.73.